The van der Waals surface area contributed by atoms with Crippen LogP contribution in [0.5, 0.6) is 0 Å². The fourth-order valence-electron chi connectivity index (χ4n) is 2.45. The first-order valence-electron chi connectivity index (χ1n) is 6.93. The number of Topliss-reactive ketones (excluding diaryl/α,β-unsaturated/α-hetero) is 1. The van der Waals surface area contributed by atoms with Crippen LogP contribution in [0.1, 0.15) is 32.3 Å². The average molecular weight is 263 g/mol. The molecule has 0 spiro atoms. The van der Waals surface area contributed by atoms with E-state index in [2.05, 4.69) is 18.7 Å². The lowest BCUT2D eigenvalue weighted by atomic mass is 9.82. The van der Waals surface area contributed by atoms with Crippen LogP contribution < -0.4 is 0 Å². The summed E-state index contributed by atoms with van der Waals surface area (Å²) in [4.78, 5) is 14.2. The van der Waals surface area contributed by atoms with E-state index in [4.69, 9.17) is 0 Å². The zero-order chi connectivity index (χ0) is 13.9. The van der Waals surface area contributed by atoms with E-state index in [9.17, 15) is 9.18 Å². The van der Waals surface area contributed by atoms with Gasteiger partial charge in [-0.1, -0.05) is 26.0 Å². The van der Waals surface area contributed by atoms with E-state index in [0.717, 1.165) is 31.5 Å². The summed E-state index contributed by atoms with van der Waals surface area (Å²) in [5.41, 5.74) is 1.31. The van der Waals surface area contributed by atoms with Crippen molar-refractivity contribution in [2.75, 3.05) is 19.6 Å². The van der Waals surface area contributed by atoms with Crippen LogP contribution in [0.3, 0.4) is 0 Å². The summed E-state index contributed by atoms with van der Waals surface area (Å²) < 4.78 is 12.8. The van der Waals surface area contributed by atoms with Gasteiger partial charge in [-0.15, -0.1) is 0 Å². The Labute approximate surface area is 114 Å². The molecule has 2 rings (SSSR count). The van der Waals surface area contributed by atoms with Gasteiger partial charge in [-0.25, -0.2) is 4.39 Å². The Bertz CT molecular complexity index is 429. The Hall–Kier alpha value is -1.22. The van der Waals surface area contributed by atoms with Crippen LogP contribution in [0.25, 0.3) is 0 Å². The Morgan fingerprint density at radius 2 is 1.79 bits per heavy atom. The fourth-order valence-corrected chi connectivity index (χ4v) is 2.45. The molecule has 104 valence electrons. The summed E-state index contributed by atoms with van der Waals surface area (Å²) in [7, 11) is 0. The lowest BCUT2D eigenvalue weighted by Gasteiger charge is -2.36. The van der Waals surface area contributed by atoms with Gasteiger partial charge < -0.3 is 0 Å². The smallest absolute Gasteiger partial charge is 0.151 e. The number of nitrogens with zero attached hydrogens (tertiary/aromatic N) is 1. The molecule has 0 atom stereocenters. The zero-order valence-electron chi connectivity index (χ0n) is 11.8. The third-order valence-corrected chi connectivity index (χ3v) is 3.92. The highest BCUT2D eigenvalue weighted by atomic mass is 19.1. The molecule has 0 radical (unpaired) electrons. The molecule has 19 heavy (non-hydrogen) atoms. The fraction of sp³-hybridized carbons (Fsp3) is 0.562. The first-order chi connectivity index (χ1) is 8.94. The summed E-state index contributed by atoms with van der Waals surface area (Å²) in [5, 5.41) is 0. The lowest BCUT2D eigenvalue weighted by Crippen LogP contribution is -2.40. The first kappa shape index (κ1) is 14.2. The molecule has 1 aromatic carbocycles. The van der Waals surface area contributed by atoms with Crippen LogP contribution in [0.15, 0.2) is 24.3 Å². The van der Waals surface area contributed by atoms with Crippen molar-refractivity contribution in [2.45, 2.75) is 33.1 Å². The second kappa shape index (κ2) is 5.83. The molecule has 0 bridgehead atoms. The van der Waals surface area contributed by atoms with Gasteiger partial charge in [-0.2, -0.15) is 0 Å². The van der Waals surface area contributed by atoms with Crippen LogP contribution in [0.2, 0.25) is 0 Å². The van der Waals surface area contributed by atoms with Crippen molar-refractivity contribution in [3.8, 4) is 0 Å². The van der Waals surface area contributed by atoms with Crippen molar-refractivity contribution < 1.29 is 9.18 Å². The molecule has 0 amide bonds. The summed E-state index contributed by atoms with van der Waals surface area (Å²) in [6.45, 7) is 7.09. The van der Waals surface area contributed by atoms with Crippen LogP contribution in [0.4, 0.5) is 4.39 Å². The van der Waals surface area contributed by atoms with Gasteiger partial charge in [0.2, 0.25) is 0 Å². The average Bonchev–Trinajstić information content (AvgIpc) is 2.35. The molecule has 0 aromatic heterocycles. The molecule has 1 aliphatic heterocycles. The molecule has 1 aliphatic rings. The van der Waals surface area contributed by atoms with Gasteiger partial charge >= 0.3 is 0 Å². The van der Waals surface area contributed by atoms with Gasteiger partial charge in [0.1, 0.15) is 5.82 Å². The maximum Gasteiger partial charge on any atom is 0.151 e. The number of likely N-dealkylation sites (tertiary alicyclic amines) is 1. The van der Waals surface area contributed by atoms with Gasteiger partial charge in [0.15, 0.2) is 5.78 Å². The highest BCUT2D eigenvalue weighted by Crippen LogP contribution is 2.29. The summed E-state index contributed by atoms with van der Waals surface area (Å²) >= 11 is 0. The Balaban J connectivity index is 1.80. The number of hydrogen-bond acceptors (Lipinski definition) is 2. The van der Waals surface area contributed by atoms with E-state index in [1.165, 1.54) is 12.1 Å². The van der Waals surface area contributed by atoms with Crippen LogP contribution in [-0.4, -0.2) is 30.3 Å². The molecule has 3 heteroatoms. The minimum atomic E-state index is -0.255. The zero-order valence-corrected chi connectivity index (χ0v) is 11.8. The molecule has 0 unspecified atom stereocenters. The predicted octanol–water partition coefficient (Wildman–Crippen LogP) is 3.06. The van der Waals surface area contributed by atoms with E-state index in [1.807, 2.05) is 0 Å². The maximum atomic E-state index is 12.8. The largest absolute Gasteiger partial charge is 0.298 e. The van der Waals surface area contributed by atoms with E-state index in [1.54, 1.807) is 12.1 Å². The topological polar surface area (TPSA) is 20.3 Å². The van der Waals surface area contributed by atoms with Gasteiger partial charge in [0.05, 0.1) is 6.54 Å². The van der Waals surface area contributed by atoms with Crippen molar-refractivity contribution in [2.24, 2.45) is 5.41 Å². The Morgan fingerprint density at radius 1 is 1.21 bits per heavy atom. The standard InChI is InChI=1S/C16H22FNO/c1-16(2)7-9-18(10-8-16)12-15(19)11-13-3-5-14(17)6-4-13/h3-6H,7-12H2,1-2H3. The minimum Gasteiger partial charge on any atom is -0.298 e. The van der Waals surface area contributed by atoms with Crippen LogP contribution in [0, 0.1) is 11.2 Å². The van der Waals surface area contributed by atoms with Crippen molar-refractivity contribution in [1.82, 2.24) is 4.90 Å². The quantitative estimate of drug-likeness (QED) is 0.832. The number of halogens is 1. The number of ketones is 1. The lowest BCUT2D eigenvalue weighted by molar-refractivity contribution is -0.120. The van der Waals surface area contributed by atoms with E-state index >= 15 is 0 Å². The van der Waals surface area contributed by atoms with Gasteiger partial charge in [0.25, 0.3) is 0 Å². The van der Waals surface area contributed by atoms with Crippen LogP contribution in [-0.2, 0) is 11.2 Å². The van der Waals surface area contributed by atoms with Gasteiger partial charge in [-0.3, -0.25) is 9.69 Å². The molecule has 2 nitrogen and oxygen atoms in total. The summed E-state index contributed by atoms with van der Waals surface area (Å²) in [5.74, 6) is -0.0409. The number of rotatable bonds is 4. The molecule has 0 N–H and O–H groups in total. The van der Waals surface area contributed by atoms with Gasteiger partial charge in [0, 0.05) is 6.42 Å². The number of benzene rings is 1. The van der Waals surface area contributed by atoms with Crippen molar-refractivity contribution in [3.05, 3.63) is 35.6 Å². The normalized spacial score (nSPS) is 19.3. The molecular weight excluding hydrogens is 241 g/mol. The molecule has 1 heterocycles. The Kier molecular flexibility index (Phi) is 4.35. The maximum absolute atomic E-state index is 12.8. The molecular formula is C16H22FNO. The van der Waals surface area contributed by atoms with Crippen molar-refractivity contribution in [1.29, 1.82) is 0 Å². The Morgan fingerprint density at radius 3 is 2.37 bits per heavy atom. The number of carbonyl (C=O) groups excluding carboxylic acids is 1. The van der Waals surface area contributed by atoms with E-state index < -0.39 is 0 Å². The van der Waals surface area contributed by atoms with E-state index in [0.29, 0.717) is 18.4 Å². The van der Waals surface area contributed by atoms with Crippen molar-refractivity contribution in [3.63, 3.8) is 0 Å². The molecule has 1 saturated heterocycles. The molecule has 0 aliphatic carbocycles. The summed E-state index contributed by atoms with van der Waals surface area (Å²) in [6.07, 6.45) is 2.70. The van der Waals surface area contributed by atoms with Gasteiger partial charge in [-0.05, 0) is 49.0 Å². The second-order valence-corrected chi connectivity index (χ2v) is 6.28. The second-order valence-electron chi connectivity index (χ2n) is 6.28. The number of hydrogen-bond donors (Lipinski definition) is 0. The minimum absolute atomic E-state index is 0.214. The van der Waals surface area contributed by atoms with Crippen LogP contribution >= 0.6 is 0 Å². The third kappa shape index (κ3) is 4.43. The number of piperidine rings is 1. The third-order valence-electron chi connectivity index (χ3n) is 3.92. The molecule has 1 fully saturated rings. The summed E-state index contributed by atoms with van der Waals surface area (Å²) in [6, 6.07) is 6.19. The highest BCUT2D eigenvalue weighted by molar-refractivity contribution is 5.82. The van der Waals surface area contributed by atoms with E-state index in [-0.39, 0.29) is 11.6 Å². The predicted molar refractivity (Wildman–Crippen MR) is 74.6 cm³/mol. The first-order valence-corrected chi connectivity index (χ1v) is 6.93. The number of carbonyl (C=O) groups is 1. The van der Waals surface area contributed by atoms with Crippen molar-refractivity contribution >= 4 is 5.78 Å². The molecule has 1 aromatic rings. The molecule has 0 saturated carbocycles. The monoisotopic (exact) mass is 263 g/mol. The highest BCUT2D eigenvalue weighted by Gasteiger charge is 2.26. The SMILES string of the molecule is CC1(C)CCN(CC(=O)Cc2ccc(F)cc2)CC1.